The second-order valence-electron chi connectivity index (χ2n) is 4.74. The predicted octanol–water partition coefficient (Wildman–Crippen LogP) is 2.44. The van der Waals surface area contributed by atoms with Gasteiger partial charge in [0.05, 0.1) is 20.2 Å². The highest BCUT2D eigenvalue weighted by Gasteiger charge is 2.02. The zero-order valence-electron chi connectivity index (χ0n) is 12.8. The Balaban J connectivity index is 1.62. The highest BCUT2D eigenvalue weighted by Crippen LogP contribution is 2.16. The lowest BCUT2D eigenvalue weighted by molar-refractivity contribution is -0.119. The maximum atomic E-state index is 13.0. The molecule has 0 atom stereocenters. The molecule has 2 aromatic rings. The minimum atomic E-state index is -0.344. The lowest BCUT2D eigenvalue weighted by Crippen LogP contribution is -2.33. The number of anilines is 1. The van der Waals surface area contributed by atoms with Crippen LogP contribution in [0.15, 0.2) is 48.5 Å². The summed E-state index contributed by atoms with van der Waals surface area (Å²) < 4.78 is 23.5. The molecule has 0 saturated carbocycles. The van der Waals surface area contributed by atoms with E-state index in [9.17, 15) is 9.18 Å². The van der Waals surface area contributed by atoms with Gasteiger partial charge in [-0.05, 0) is 42.5 Å². The maximum Gasteiger partial charge on any atom is 0.239 e. The molecular weight excluding hydrogens is 299 g/mol. The van der Waals surface area contributed by atoms with E-state index in [4.69, 9.17) is 9.47 Å². The first kappa shape index (κ1) is 16.6. The van der Waals surface area contributed by atoms with Gasteiger partial charge < -0.3 is 20.1 Å². The van der Waals surface area contributed by atoms with E-state index in [2.05, 4.69) is 10.6 Å². The molecule has 0 unspecified atom stereocenters. The van der Waals surface area contributed by atoms with Crippen molar-refractivity contribution in [1.29, 1.82) is 0 Å². The van der Waals surface area contributed by atoms with E-state index >= 15 is 0 Å². The average Bonchev–Trinajstić information content (AvgIpc) is 2.57. The number of hydrogen-bond donors (Lipinski definition) is 2. The summed E-state index contributed by atoms with van der Waals surface area (Å²) in [6.45, 7) is 0.819. The standard InChI is InChI=1S/C17H19FN2O3/c1-22-15-5-7-16(8-6-15)23-10-9-19-17(21)12-20-14-4-2-3-13(18)11-14/h2-8,11,20H,9-10,12H2,1H3,(H,19,21). The molecule has 0 aliphatic carbocycles. The Morgan fingerprint density at radius 3 is 2.57 bits per heavy atom. The summed E-state index contributed by atoms with van der Waals surface area (Å²) in [5, 5.41) is 5.57. The van der Waals surface area contributed by atoms with Crippen molar-refractivity contribution < 1.29 is 18.7 Å². The van der Waals surface area contributed by atoms with Crippen molar-refractivity contribution in [1.82, 2.24) is 5.32 Å². The van der Waals surface area contributed by atoms with Crippen LogP contribution < -0.4 is 20.1 Å². The van der Waals surface area contributed by atoms with Crippen molar-refractivity contribution in [2.75, 3.05) is 32.1 Å². The normalized spacial score (nSPS) is 10.0. The van der Waals surface area contributed by atoms with Crippen LogP contribution in [0.2, 0.25) is 0 Å². The molecule has 0 radical (unpaired) electrons. The van der Waals surface area contributed by atoms with Crippen LogP contribution in [-0.4, -0.2) is 32.7 Å². The Morgan fingerprint density at radius 1 is 1.13 bits per heavy atom. The number of carbonyl (C=O) groups is 1. The van der Waals surface area contributed by atoms with E-state index in [0.29, 0.717) is 24.6 Å². The largest absolute Gasteiger partial charge is 0.497 e. The second-order valence-corrected chi connectivity index (χ2v) is 4.74. The molecule has 0 aliphatic heterocycles. The molecular formula is C17H19FN2O3. The molecule has 1 amide bonds. The molecule has 0 bridgehead atoms. The smallest absolute Gasteiger partial charge is 0.239 e. The fraction of sp³-hybridized carbons (Fsp3) is 0.235. The van der Waals surface area contributed by atoms with E-state index in [1.807, 2.05) is 0 Å². The van der Waals surface area contributed by atoms with E-state index in [0.717, 1.165) is 5.75 Å². The number of nitrogens with one attached hydrogen (secondary N) is 2. The third-order valence-corrected chi connectivity index (χ3v) is 3.03. The fourth-order valence-corrected chi connectivity index (χ4v) is 1.87. The van der Waals surface area contributed by atoms with Gasteiger partial charge in [0.1, 0.15) is 23.9 Å². The second kappa shape index (κ2) is 8.63. The Hall–Kier alpha value is -2.76. The number of methoxy groups -OCH3 is 1. The third-order valence-electron chi connectivity index (χ3n) is 3.03. The van der Waals surface area contributed by atoms with Gasteiger partial charge >= 0.3 is 0 Å². The zero-order chi connectivity index (χ0) is 16.5. The van der Waals surface area contributed by atoms with Crippen molar-refractivity contribution in [2.45, 2.75) is 0 Å². The van der Waals surface area contributed by atoms with Crippen LogP contribution in [0.25, 0.3) is 0 Å². The van der Waals surface area contributed by atoms with Gasteiger partial charge in [-0.15, -0.1) is 0 Å². The first-order chi connectivity index (χ1) is 11.2. The molecule has 0 spiro atoms. The molecule has 6 heteroatoms. The Labute approximate surface area is 134 Å². The summed E-state index contributed by atoms with van der Waals surface area (Å²) in [5.41, 5.74) is 0.564. The number of ether oxygens (including phenoxy) is 2. The average molecular weight is 318 g/mol. The van der Waals surface area contributed by atoms with E-state index in [-0.39, 0.29) is 18.3 Å². The number of carbonyl (C=O) groups excluding carboxylic acids is 1. The Bertz CT molecular complexity index is 632. The SMILES string of the molecule is COc1ccc(OCCNC(=O)CNc2cccc(F)c2)cc1. The number of hydrogen-bond acceptors (Lipinski definition) is 4. The zero-order valence-corrected chi connectivity index (χ0v) is 12.8. The van der Waals surface area contributed by atoms with Gasteiger partial charge in [0, 0.05) is 5.69 Å². The maximum absolute atomic E-state index is 13.0. The van der Waals surface area contributed by atoms with Gasteiger partial charge in [0.15, 0.2) is 0 Å². The van der Waals surface area contributed by atoms with Gasteiger partial charge in [-0.1, -0.05) is 6.07 Å². The molecule has 2 rings (SSSR count). The van der Waals surface area contributed by atoms with Gasteiger partial charge in [-0.2, -0.15) is 0 Å². The summed E-state index contributed by atoms with van der Waals surface area (Å²) in [4.78, 5) is 11.7. The van der Waals surface area contributed by atoms with Crippen molar-refractivity contribution in [3.63, 3.8) is 0 Å². The van der Waals surface area contributed by atoms with Crippen LogP contribution in [0.3, 0.4) is 0 Å². The lowest BCUT2D eigenvalue weighted by atomic mass is 10.3. The monoisotopic (exact) mass is 318 g/mol. The van der Waals surface area contributed by atoms with Crippen molar-refractivity contribution in [2.24, 2.45) is 0 Å². The van der Waals surface area contributed by atoms with Crippen LogP contribution in [0.1, 0.15) is 0 Å². The first-order valence-electron chi connectivity index (χ1n) is 7.20. The highest BCUT2D eigenvalue weighted by molar-refractivity contribution is 5.80. The van der Waals surface area contributed by atoms with Crippen LogP contribution in [-0.2, 0) is 4.79 Å². The van der Waals surface area contributed by atoms with Gasteiger partial charge in [0.25, 0.3) is 0 Å². The molecule has 122 valence electrons. The number of amides is 1. The fourth-order valence-electron chi connectivity index (χ4n) is 1.87. The summed E-state index contributed by atoms with van der Waals surface area (Å²) in [7, 11) is 1.60. The van der Waals surface area contributed by atoms with Crippen LogP contribution in [0.5, 0.6) is 11.5 Å². The summed E-state index contributed by atoms with van der Waals surface area (Å²) in [6.07, 6.45) is 0. The van der Waals surface area contributed by atoms with Crippen molar-refractivity contribution in [3.8, 4) is 11.5 Å². The molecule has 23 heavy (non-hydrogen) atoms. The lowest BCUT2D eigenvalue weighted by Gasteiger charge is -2.09. The quantitative estimate of drug-likeness (QED) is 0.734. The molecule has 5 nitrogen and oxygen atoms in total. The van der Waals surface area contributed by atoms with Gasteiger partial charge in [-0.3, -0.25) is 4.79 Å². The topological polar surface area (TPSA) is 59.6 Å². The molecule has 2 N–H and O–H groups in total. The molecule has 2 aromatic carbocycles. The number of rotatable bonds is 8. The Kier molecular flexibility index (Phi) is 6.23. The van der Waals surface area contributed by atoms with Crippen LogP contribution >= 0.6 is 0 Å². The van der Waals surface area contributed by atoms with Crippen LogP contribution in [0, 0.1) is 5.82 Å². The summed E-state index contributed by atoms with van der Waals surface area (Å²) in [5.74, 6) is 0.933. The molecule has 0 heterocycles. The Morgan fingerprint density at radius 2 is 1.87 bits per heavy atom. The minimum absolute atomic E-state index is 0.0754. The van der Waals surface area contributed by atoms with E-state index in [1.54, 1.807) is 43.5 Å². The molecule has 0 aromatic heterocycles. The number of halogens is 1. The van der Waals surface area contributed by atoms with Crippen molar-refractivity contribution in [3.05, 3.63) is 54.3 Å². The van der Waals surface area contributed by atoms with E-state index in [1.165, 1.54) is 12.1 Å². The molecule has 0 aliphatic rings. The first-order valence-corrected chi connectivity index (χ1v) is 7.20. The molecule has 0 saturated heterocycles. The highest BCUT2D eigenvalue weighted by atomic mass is 19.1. The minimum Gasteiger partial charge on any atom is -0.497 e. The van der Waals surface area contributed by atoms with Gasteiger partial charge in [-0.25, -0.2) is 4.39 Å². The van der Waals surface area contributed by atoms with Crippen molar-refractivity contribution >= 4 is 11.6 Å². The third kappa shape index (κ3) is 5.86. The van der Waals surface area contributed by atoms with E-state index < -0.39 is 0 Å². The predicted molar refractivity (Wildman–Crippen MR) is 86.4 cm³/mol. The molecule has 0 fully saturated rings. The van der Waals surface area contributed by atoms with Crippen LogP contribution in [0.4, 0.5) is 10.1 Å². The number of benzene rings is 2. The van der Waals surface area contributed by atoms with Gasteiger partial charge in [0.2, 0.25) is 5.91 Å². The summed E-state index contributed by atoms with van der Waals surface area (Å²) >= 11 is 0. The summed E-state index contributed by atoms with van der Waals surface area (Å²) in [6, 6.07) is 13.2.